The quantitative estimate of drug-likeness (QED) is 0.650. The Morgan fingerprint density at radius 1 is 1.35 bits per heavy atom. The molecule has 1 aromatic rings. The van der Waals surface area contributed by atoms with Crippen molar-refractivity contribution in [3.8, 4) is 0 Å². The summed E-state index contributed by atoms with van der Waals surface area (Å²) in [6.45, 7) is 2.22. The second-order valence-corrected chi connectivity index (χ2v) is 7.45. The first kappa shape index (κ1) is 15.2. The summed E-state index contributed by atoms with van der Waals surface area (Å²) in [7, 11) is -1.83. The molecule has 1 heterocycles. The van der Waals surface area contributed by atoms with Gasteiger partial charge >= 0.3 is 0 Å². The van der Waals surface area contributed by atoms with E-state index in [-0.39, 0.29) is 10.9 Å². The lowest BCUT2D eigenvalue weighted by Gasteiger charge is -2.32. The van der Waals surface area contributed by atoms with Gasteiger partial charge in [-0.25, -0.2) is 19.2 Å². The van der Waals surface area contributed by atoms with E-state index in [1.54, 1.807) is 7.05 Å². The first-order valence-corrected chi connectivity index (χ1v) is 8.30. The summed E-state index contributed by atoms with van der Waals surface area (Å²) in [6.07, 6.45) is 5.44. The molecule has 20 heavy (non-hydrogen) atoms. The lowest BCUT2D eigenvalue weighted by atomic mass is 9.87. The number of nitrogens with zero attached hydrogens (tertiary/aromatic N) is 2. The lowest BCUT2D eigenvalue weighted by molar-refractivity contribution is 0.246. The van der Waals surface area contributed by atoms with Crippen LogP contribution < -0.4 is 11.3 Å². The van der Waals surface area contributed by atoms with Gasteiger partial charge in [-0.15, -0.1) is 0 Å². The van der Waals surface area contributed by atoms with Gasteiger partial charge in [-0.1, -0.05) is 6.92 Å². The number of hydrogen-bond acceptors (Lipinski definition) is 5. The Morgan fingerprint density at radius 2 is 2.00 bits per heavy atom. The minimum Gasteiger partial charge on any atom is -0.308 e. The third-order valence-corrected chi connectivity index (χ3v) is 5.96. The van der Waals surface area contributed by atoms with Crippen LogP contribution in [0.1, 0.15) is 32.6 Å². The van der Waals surface area contributed by atoms with Crippen molar-refractivity contribution in [2.45, 2.75) is 43.5 Å². The summed E-state index contributed by atoms with van der Waals surface area (Å²) < 4.78 is 26.7. The first-order valence-electron chi connectivity index (χ1n) is 6.86. The fraction of sp³-hybridized carbons (Fsp3) is 0.615. The molecule has 0 amide bonds. The Morgan fingerprint density at radius 3 is 2.60 bits per heavy atom. The highest BCUT2D eigenvalue weighted by Crippen LogP contribution is 2.29. The molecule has 0 aromatic carbocycles. The molecule has 2 rings (SSSR count). The van der Waals surface area contributed by atoms with Crippen LogP contribution in [-0.2, 0) is 10.0 Å². The number of sulfonamides is 1. The number of rotatable bonds is 4. The zero-order valence-corrected chi connectivity index (χ0v) is 12.7. The van der Waals surface area contributed by atoms with Crippen LogP contribution in [0.4, 0.5) is 5.82 Å². The molecule has 0 spiro atoms. The number of hydrogen-bond donors (Lipinski definition) is 2. The second kappa shape index (κ2) is 6.07. The smallest absolute Gasteiger partial charge is 0.243 e. The molecule has 3 N–H and O–H groups in total. The van der Waals surface area contributed by atoms with E-state index in [1.165, 1.54) is 22.6 Å². The monoisotopic (exact) mass is 298 g/mol. The number of aromatic nitrogens is 1. The predicted octanol–water partition coefficient (Wildman–Crippen LogP) is 1.57. The molecule has 0 unspecified atom stereocenters. The summed E-state index contributed by atoms with van der Waals surface area (Å²) in [5.41, 5.74) is 2.37. The Kier molecular flexibility index (Phi) is 4.62. The molecule has 0 radical (unpaired) electrons. The van der Waals surface area contributed by atoms with Crippen molar-refractivity contribution in [1.82, 2.24) is 9.29 Å². The SMILES string of the molecule is CC1CCC(N(C)S(=O)(=O)c2ccnc(NN)c2)CC1. The molecule has 1 saturated carbocycles. The van der Waals surface area contributed by atoms with Gasteiger partial charge in [0.25, 0.3) is 0 Å². The average Bonchev–Trinajstić information content (AvgIpc) is 2.47. The third kappa shape index (κ3) is 3.11. The fourth-order valence-electron chi connectivity index (χ4n) is 2.62. The third-order valence-electron chi connectivity index (χ3n) is 4.06. The van der Waals surface area contributed by atoms with Gasteiger partial charge in [0.15, 0.2) is 0 Å². The normalized spacial score (nSPS) is 23.8. The van der Waals surface area contributed by atoms with Crippen molar-refractivity contribution in [2.75, 3.05) is 12.5 Å². The number of hydrazine groups is 1. The molecule has 0 saturated heterocycles. The number of nitrogens with two attached hydrogens (primary N) is 1. The second-order valence-electron chi connectivity index (χ2n) is 5.46. The average molecular weight is 298 g/mol. The van der Waals surface area contributed by atoms with Crippen molar-refractivity contribution in [1.29, 1.82) is 0 Å². The maximum Gasteiger partial charge on any atom is 0.243 e. The van der Waals surface area contributed by atoms with Crippen LogP contribution in [0.5, 0.6) is 0 Å². The predicted molar refractivity (Wildman–Crippen MR) is 78.4 cm³/mol. The molecule has 7 heteroatoms. The number of nitrogen functional groups attached to an aromatic ring is 1. The fourth-order valence-corrected chi connectivity index (χ4v) is 4.05. The molecule has 0 atom stereocenters. The Labute approximate surface area is 120 Å². The van der Waals surface area contributed by atoms with Gasteiger partial charge in [-0.2, -0.15) is 4.31 Å². The van der Waals surface area contributed by atoms with Crippen LogP contribution >= 0.6 is 0 Å². The van der Waals surface area contributed by atoms with Crippen LogP contribution in [-0.4, -0.2) is 30.8 Å². The Hall–Kier alpha value is -1.18. The highest BCUT2D eigenvalue weighted by molar-refractivity contribution is 7.89. The van der Waals surface area contributed by atoms with E-state index in [2.05, 4.69) is 17.3 Å². The molecule has 1 aromatic heterocycles. The first-order chi connectivity index (χ1) is 9.45. The largest absolute Gasteiger partial charge is 0.308 e. The van der Waals surface area contributed by atoms with Crippen molar-refractivity contribution in [3.63, 3.8) is 0 Å². The minimum absolute atomic E-state index is 0.0821. The van der Waals surface area contributed by atoms with Crippen LogP contribution in [0.2, 0.25) is 0 Å². The van der Waals surface area contributed by atoms with Crippen molar-refractivity contribution < 1.29 is 8.42 Å². The summed E-state index contributed by atoms with van der Waals surface area (Å²) in [6, 6.07) is 3.04. The minimum atomic E-state index is -3.49. The van der Waals surface area contributed by atoms with Crippen molar-refractivity contribution in [2.24, 2.45) is 11.8 Å². The maximum atomic E-state index is 12.6. The van der Waals surface area contributed by atoms with Crippen molar-refractivity contribution >= 4 is 15.8 Å². The van der Waals surface area contributed by atoms with Crippen molar-refractivity contribution in [3.05, 3.63) is 18.3 Å². The highest BCUT2D eigenvalue weighted by atomic mass is 32.2. The van der Waals surface area contributed by atoms with Gasteiger partial charge in [0.1, 0.15) is 5.82 Å². The number of anilines is 1. The number of pyridine rings is 1. The zero-order valence-electron chi connectivity index (χ0n) is 11.9. The zero-order chi connectivity index (χ0) is 14.8. The molecule has 112 valence electrons. The van der Waals surface area contributed by atoms with Gasteiger partial charge in [0.2, 0.25) is 10.0 Å². The summed E-state index contributed by atoms with van der Waals surface area (Å²) >= 11 is 0. The van der Waals surface area contributed by atoms with E-state index in [9.17, 15) is 8.42 Å². The van der Waals surface area contributed by atoms with E-state index in [4.69, 9.17) is 5.84 Å². The molecule has 0 aliphatic heterocycles. The standard InChI is InChI=1S/C13H22N4O2S/c1-10-3-5-11(6-4-10)17(2)20(18,19)12-7-8-15-13(9-12)16-14/h7-11H,3-6,14H2,1-2H3,(H,15,16). The maximum absolute atomic E-state index is 12.6. The number of nitrogens with one attached hydrogen (secondary N) is 1. The molecule has 0 bridgehead atoms. The van der Waals surface area contributed by atoms with Crippen LogP contribution in [0.3, 0.4) is 0 Å². The summed E-state index contributed by atoms with van der Waals surface area (Å²) in [4.78, 5) is 4.16. The molecule has 6 nitrogen and oxygen atoms in total. The Balaban J connectivity index is 2.20. The van der Waals surface area contributed by atoms with Gasteiger partial charge in [-0.05, 0) is 37.7 Å². The van der Waals surface area contributed by atoms with Crippen LogP contribution in [0, 0.1) is 5.92 Å². The van der Waals surface area contributed by atoms with E-state index in [1.807, 2.05) is 0 Å². The molecular weight excluding hydrogens is 276 g/mol. The topological polar surface area (TPSA) is 88.3 Å². The lowest BCUT2D eigenvalue weighted by Crippen LogP contribution is -2.39. The van der Waals surface area contributed by atoms with Gasteiger partial charge in [-0.3, -0.25) is 0 Å². The summed E-state index contributed by atoms with van der Waals surface area (Å²) in [5, 5.41) is 0. The Bertz CT molecular complexity index is 553. The molecular formula is C13H22N4O2S. The van der Waals surface area contributed by atoms with Crippen LogP contribution in [0.25, 0.3) is 0 Å². The highest BCUT2D eigenvalue weighted by Gasteiger charge is 2.30. The van der Waals surface area contributed by atoms with E-state index in [0.29, 0.717) is 11.7 Å². The molecule has 1 aliphatic rings. The van der Waals surface area contributed by atoms with E-state index in [0.717, 1.165) is 25.7 Å². The van der Waals surface area contributed by atoms with Gasteiger partial charge in [0, 0.05) is 25.4 Å². The van der Waals surface area contributed by atoms with E-state index >= 15 is 0 Å². The van der Waals surface area contributed by atoms with Crippen LogP contribution in [0.15, 0.2) is 23.2 Å². The van der Waals surface area contributed by atoms with Gasteiger partial charge in [0.05, 0.1) is 4.90 Å². The van der Waals surface area contributed by atoms with E-state index < -0.39 is 10.0 Å². The summed E-state index contributed by atoms with van der Waals surface area (Å²) in [5.74, 6) is 6.31. The van der Waals surface area contributed by atoms with Gasteiger partial charge < -0.3 is 5.43 Å². The molecule has 1 aliphatic carbocycles. The molecule has 1 fully saturated rings.